The third-order valence-electron chi connectivity index (χ3n) is 6.09. The zero-order valence-electron chi connectivity index (χ0n) is 19.8. The molecule has 0 radical (unpaired) electrons. The van der Waals surface area contributed by atoms with E-state index < -0.39 is 0 Å². The molecule has 1 aliphatic heterocycles. The number of hydrogen-bond donors (Lipinski definition) is 1. The second-order valence-corrected chi connectivity index (χ2v) is 8.29. The van der Waals surface area contributed by atoms with Gasteiger partial charge in [-0.2, -0.15) is 0 Å². The van der Waals surface area contributed by atoms with Crippen LogP contribution in [0.1, 0.15) is 41.6 Å². The number of rotatable bonds is 10. The number of carbonyl (C=O) groups is 2. The second kappa shape index (κ2) is 12.1. The molecule has 2 aromatic carbocycles. The fraction of sp³-hybridized carbons (Fsp3) is 0.462. The number of ether oxygens (including phenoxy) is 3. The van der Waals surface area contributed by atoms with Crippen molar-refractivity contribution in [3.63, 3.8) is 0 Å². The molecule has 7 nitrogen and oxygen atoms in total. The van der Waals surface area contributed by atoms with Crippen molar-refractivity contribution in [3.05, 3.63) is 53.6 Å². The first-order valence-electron chi connectivity index (χ1n) is 11.5. The minimum absolute atomic E-state index is 0.0712. The number of benzene rings is 2. The van der Waals surface area contributed by atoms with Crippen LogP contribution in [0.25, 0.3) is 0 Å². The molecule has 2 amide bonds. The highest BCUT2D eigenvalue weighted by molar-refractivity contribution is 5.95. The van der Waals surface area contributed by atoms with Crippen molar-refractivity contribution in [2.24, 2.45) is 5.92 Å². The summed E-state index contributed by atoms with van der Waals surface area (Å²) in [5.41, 5.74) is 1.79. The lowest BCUT2D eigenvalue weighted by atomic mass is 9.92. The van der Waals surface area contributed by atoms with E-state index in [1.54, 1.807) is 12.1 Å². The molecule has 33 heavy (non-hydrogen) atoms. The normalized spacial score (nSPS) is 14.0. The number of likely N-dealkylation sites (tertiary alicyclic amines) is 1. The Morgan fingerprint density at radius 3 is 2.18 bits per heavy atom. The predicted molar refractivity (Wildman–Crippen MR) is 127 cm³/mol. The first-order valence-corrected chi connectivity index (χ1v) is 11.5. The molecule has 2 aromatic rings. The van der Waals surface area contributed by atoms with Gasteiger partial charge >= 0.3 is 0 Å². The molecule has 1 fully saturated rings. The molecule has 1 saturated heterocycles. The zero-order chi connectivity index (χ0) is 23.6. The van der Waals surface area contributed by atoms with Crippen LogP contribution in [0.5, 0.6) is 17.2 Å². The number of piperidine rings is 1. The van der Waals surface area contributed by atoms with E-state index >= 15 is 0 Å². The van der Waals surface area contributed by atoms with Crippen LogP contribution < -0.4 is 19.5 Å². The third kappa shape index (κ3) is 6.63. The minimum atomic E-state index is -0.0712. The standard InChI is InChI=1S/C26H34N2O5/c1-31-22-17-21(18-23(32-2)25(22)33-3)26(30)28-14-11-20(12-15-28)16-24(29)27-13-7-10-19-8-5-4-6-9-19/h4-6,8-9,17-18,20H,7,10-16H2,1-3H3,(H,27,29). The van der Waals surface area contributed by atoms with Crippen LogP contribution in [-0.4, -0.2) is 57.7 Å². The van der Waals surface area contributed by atoms with Crippen LogP contribution >= 0.6 is 0 Å². The number of hydrogen-bond acceptors (Lipinski definition) is 5. The van der Waals surface area contributed by atoms with Crippen molar-refractivity contribution in [1.82, 2.24) is 10.2 Å². The van der Waals surface area contributed by atoms with Gasteiger partial charge < -0.3 is 24.4 Å². The van der Waals surface area contributed by atoms with E-state index in [2.05, 4.69) is 17.4 Å². The van der Waals surface area contributed by atoms with E-state index in [9.17, 15) is 9.59 Å². The highest BCUT2D eigenvalue weighted by Crippen LogP contribution is 2.38. The lowest BCUT2D eigenvalue weighted by molar-refractivity contribution is -0.122. The van der Waals surface area contributed by atoms with Crippen LogP contribution in [-0.2, 0) is 11.2 Å². The molecule has 0 spiro atoms. The maximum absolute atomic E-state index is 13.1. The third-order valence-corrected chi connectivity index (χ3v) is 6.09. The van der Waals surface area contributed by atoms with Gasteiger partial charge in [0.1, 0.15) is 0 Å². The van der Waals surface area contributed by atoms with Crippen LogP contribution in [0, 0.1) is 5.92 Å². The number of methoxy groups -OCH3 is 3. The summed E-state index contributed by atoms with van der Waals surface area (Å²) in [4.78, 5) is 27.2. The van der Waals surface area contributed by atoms with Gasteiger partial charge in [-0.3, -0.25) is 9.59 Å². The fourth-order valence-corrected chi connectivity index (χ4v) is 4.23. The van der Waals surface area contributed by atoms with Gasteiger partial charge in [0.15, 0.2) is 11.5 Å². The molecule has 0 aromatic heterocycles. The molecule has 0 atom stereocenters. The Bertz CT molecular complexity index is 899. The Labute approximate surface area is 196 Å². The van der Waals surface area contributed by atoms with Gasteiger partial charge in [0, 0.05) is 31.6 Å². The molecular formula is C26H34N2O5. The maximum Gasteiger partial charge on any atom is 0.254 e. The number of nitrogens with zero attached hydrogens (tertiary/aromatic N) is 1. The van der Waals surface area contributed by atoms with Gasteiger partial charge in [0.25, 0.3) is 5.91 Å². The maximum atomic E-state index is 13.1. The van der Waals surface area contributed by atoms with Gasteiger partial charge in [-0.15, -0.1) is 0 Å². The molecule has 1 aliphatic rings. The van der Waals surface area contributed by atoms with Gasteiger partial charge in [-0.25, -0.2) is 0 Å². The average Bonchev–Trinajstić information content (AvgIpc) is 2.86. The lowest BCUT2D eigenvalue weighted by Crippen LogP contribution is -2.39. The van der Waals surface area contributed by atoms with Gasteiger partial charge in [-0.1, -0.05) is 30.3 Å². The SMILES string of the molecule is COc1cc(C(=O)N2CCC(CC(=O)NCCCc3ccccc3)CC2)cc(OC)c1OC. The summed E-state index contributed by atoms with van der Waals surface area (Å²) in [5, 5.41) is 3.04. The first kappa shape index (κ1) is 24.4. The summed E-state index contributed by atoms with van der Waals surface area (Å²) in [5.74, 6) is 1.70. The molecular weight excluding hydrogens is 420 g/mol. The zero-order valence-corrected chi connectivity index (χ0v) is 19.8. The van der Waals surface area contributed by atoms with Crippen molar-refractivity contribution in [2.75, 3.05) is 41.0 Å². The molecule has 0 bridgehead atoms. The Morgan fingerprint density at radius 2 is 1.61 bits per heavy atom. The number of nitrogens with one attached hydrogen (secondary N) is 1. The average molecular weight is 455 g/mol. The van der Waals surface area contributed by atoms with Gasteiger partial charge in [0.2, 0.25) is 11.7 Å². The quantitative estimate of drug-likeness (QED) is 0.554. The van der Waals surface area contributed by atoms with Gasteiger partial charge in [0.05, 0.1) is 21.3 Å². The molecule has 178 valence electrons. The van der Waals surface area contributed by atoms with Crippen LogP contribution in [0.15, 0.2) is 42.5 Å². The van der Waals surface area contributed by atoms with Crippen molar-refractivity contribution >= 4 is 11.8 Å². The van der Waals surface area contributed by atoms with Crippen LogP contribution in [0.3, 0.4) is 0 Å². The summed E-state index contributed by atoms with van der Waals surface area (Å²) in [6.45, 7) is 1.94. The van der Waals surface area contributed by atoms with Gasteiger partial charge in [-0.05, 0) is 49.3 Å². The Kier molecular flexibility index (Phi) is 8.98. The Morgan fingerprint density at radius 1 is 0.970 bits per heavy atom. The highest BCUT2D eigenvalue weighted by Gasteiger charge is 2.26. The van der Waals surface area contributed by atoms with E-state index in [1.807, 2.05) is 23.1 Å². The molecule has 3 rings (SSSR count). The van der Waals surface area contributed by atoms with E-state index in [-0.39, 0.29) is 11.8 Å². The minimum Gasteiger partial charge on any atom is -0.493 e. The summed E-state index contributed by atoms with van der Waals surface area (Å²) in [7, 11) is 4.60. The fourth-order valence-electron chi connectivity index (χ4n) is 4.23. The Balaban J connectivity index is 1.44. The second-order valence-electron chi connectivity index (χ2n) is 8.29. The number of amides is 2. The smallest absolute Gasteiger partial charge is 0.254 e. The van der Waals surface area contributed by atoms with Crippen molar-refractivity contribution in [1.29, 1.82) is 0 Å². The topological polar surface area (TPSA) is 77.1 Å². The number of aryl methyl sites for hydroxylation is 1. The monoisotopic (exact) mass is 454 g/mol. The summed E-state index contributed by atoms with van der Waals surface area (Å²) >= 11 is 0. The van der Waals surface area contributed by atoms with Crippen molar-refractivity contribution < 1.29 is 23.8 Å². The highest BCUT2D eigenvalue weighted by atomic mass is 16.5. The summed E-state index contributed by atoms with van der Waals surface area (Å²) in [6.07, 6.45) is 4.03. The molecule has 0 unspecified atom stereocenters. The van der Waals surface area contributed by atoms with Crippen LogP contribution in [0.4, 0.5) is 0 Å². The molecule has 7 heteroatoms. The van der Waals surface area contributed by atoms with E-state index in [1.165, 1.54) is 26.9 Å². The lowest BCUT2D eigenvalue weighted by Gasteiger charge is -2.32. The summed E-state index contributed by atoms with van der Waals surface area (Å²) < 4.78 is 16.1. The van der Waals surface area contributed by atoms with E-state index in [0.29, 0.717) is 54.8 Å². The number of carbonyl (C=O) groups excluding carboxylic acids is 2. The van der Waals surface area contributed by atoms with Crippen LogP contribution in [0.2, 0.25) is 0 Å². The van der Waals surface area contributed by atoms with Crippen molar-refractivity contribution in [3.8, 4) is 17.2 Å². The van der Waals surface area contributed by atoms with E-state index in [0.717, 1.165) is 25.7 Å². The summed E-state index contributed by atoms with van der Waals surface area (Å²) in [6, 6.07) is 13.6. The molecule has 0 saturated carbocycles. The first-order chi connectivity index (χ1) is 16.0. The van der Waals surface area contributed by atoms with Crippen molar-refractivity contribution in [2.45, 2.75) is 32.1 Å². The van der Waals surface area contributed by atoms with E-state index in [4.69, 9.17) is 14.2 Å². The Hall–Kier alpha value is -3.22. The predicted octanol–water partition coefficient (Wildman–Crippen LogP) is 3.70. The largest absolute Gasteiger partial charge is 0.493 e. The molecule has 1 heterocycles. The molecule has 0 aliphatic carbocycles. The molecule has 1 N–H and O–H groups in total.